The number of H-pyrrole nitrogens is 1. The van der Waals surface area contributed by atoms with Gasteiger partial charge in [-0.2, -0.15) is 0 Å². The molecule has 0 aliphatic heterocycles. The molecule has 0 fully saturated rings. The molecule has 3 rings (SSSR count). The predicted molar refractivity (Wildman–Crippen MR) is 75.7 cm³/mol. The predicted octanol–water partition coefficient (Wildman–Crippen LogP) is 4.81. The Morgan fingerprint density at radius 2 is 2.12 bits per heavy atom. The second kappa shape index (κ2) is 4.15. The molecule has 3 heteroatoms. The monoisotopic (exact) mass is 304 g/mol. The Kier molecular flexibility index (Phi) is 2.64. The summed E-state index contributed by atoms with van der Waals surface area (Å²) in [5.74, 6) is 0. The van der Waals surface area contributed by atoms with Crippen LogP contribution in [0.25, 0.3) is 16.5 Å². The van der Waals surface area contributed by atoms with Gasteiger partial charge in [0.25, 0.3) is 0 Å². The number of hydrogen-bond donors (Lipinski definition) is 1. The summed E-state index contributed by atoms with van der Waals surface area (Å²) in [6, 6.07) is 8.26. The van der Waals surface area contributed by atoms with Crippen LogP contribution in [-0.2, 0) is 0 Å². The quantitative estimate of drug-likeness (QED) is 0.728. The highest BCUT2D eigenvalue weighted by atomic mass is 79.9. The molecular formula is C14H8BrClN+. The molecular weight excluding hydrogens is 298 g/mol. The van der Waals surface area contributed by atoms with Gasteiger partial charge < -0.3 is 4.98 Å². The van der Waals surface area contributed by atoms with Crippen LogP contribution in [-0.4, -0.2) is 4.98 Å². The normalized spacial score (nSPS) is 14.5. The summed E-state index contributed by atoms with van der Waals surface area (Å²) >= 11 is 9.62. The second-order valence-corrected chi connectivity index (χ2v) is 5.14. The fraction of sp³-hybridized carbons (Fsp3) is 0. The van der Waals surface area contributed by atoms with Crippen LogP contribution < -0.4 is 0 Å². The van der Waals surface area contributed by atoms with Crippen molar-refractivity contribution in [3.63, 3.8) is 0 Å². The summed E-state index contributed by atoms with van der Waals surface area (Å²) in [6.07, 6.45) is 8.56. The van der Waals surface area contributed by atoms with Gasteiger partial charge in [0, 0.05) is 33.1 Å². The molecule has 1 aromatic heterocycles. The Morgan fingerprint density at radius 1 is 1.24 bits per heavy atom. The standard InChI is InChI=1S/C14H8BrClN/c15-10-6-5-9-7-14(17-13(9)8-10)11-3-1-2-4-12(11)16/h1,3-8,17H/q+1. The molecule has 0 amide bonds. The Balaban J connectivity index is 2.19. The third-order valence-electron chi connectivity index (χ3n) is 2.69. The fourth-order valence-electron chi connectivity index (χ4n) is 1.87. The average molecular weight is 306 g/mol. The van der Waals surface area contributed by atoms with Crippen LogP contribution in [0.3, 0.4) is 0 Å². The number of rotatable bonds is 1. The van der Waals surface area contributed by atoms with Crippen molar-refractivity contribution in [1.29, 1.82) is 0 Å². The van der Waals surface area contributed by atoms with Gasteiger partial charge in [0.1, 0.15) is 17.7 Å². The van der Waals surface area contributed by atoms with Gasteiger partial charge in [-0.05, 0) is 18.2 Å². The average Bonchev–Trinajstić information content (AvgIpc) is 2.72. The maximum Gasteiger partial charge on any atom is 0.164 e. The van der Waals surface area contributed by atoms with E-state index < -0.39 is 0 Å². The van der Waals surface area contributed by atoms with E-state index in [1.54, 1.807) is 6.08 Å². The Bertz CT molecular complexity index is 677. The van der Waals surface area contributed by atoms with E-state index in [-0.39, 0.29) is 0 Å². The van der Waals surface area contributed by atoms with Gasteiger partial charge in [0.05, 0.1) is 11.8 Å². The van der Waals surface area contributed by atoms with Crippen molar-refractivity contribution in [2.24, 2.45) is 0 Å². The smallest absolute Gasteiger partial charge is 0.164 e. The van der Waals surface area contributed by atoms with Gasteiger partial charge in [-0.1, -0.05) is 22.0 Å². The van der Waals surface area contributed by atoms with E-state index in [1.807, 2.05) is 18.2 Å². The Labute approximate surface area is 113 Å². The zero-order valence-electron chi connectivity index (χ0n) is 8.80. The summed E-state index contributed by atoms with van der Waals surface area (Å²) in [5, 5.41) is 1.88. The van der Waals surface area contributed by atoms with E-state index in [1.165, 1.54) is 5.39 Å². The van der Waals surface area contributed by atoms with Crippen molar-refractivity contribution in [2.45, 2.75) is 0 Å². The molecule has 0 radical (unpaired) electrons. The topological polar surface area (TPSA) is 15.8 Å². The molecule has 0 unspecified atom stereocenters. The van der Waals surface area contributed by atoms with Gasteiger partial charge in [-0.25, -0.2) is 0 Å². The zero-order chi connectivity index (χ0) is 11.8. The van der Waals surface area contributed by atoms with E-state index >= 15 is 0 Å². The summed E-state index contributed by atoms with van der Waals surface area (Å²) in [4.78, 5) is 3.37. The first kappa shape index (κ1) is 10.8. The molecule has 0 spiro atoms. The van der Waals surface area contributed by atoms with Crippen molar-refractivity contribution >= 4 is 44.0 Å². The van der Waals surface area contributed by atoms with Crippen LogP contribution in [0, 0.1) is 6.08 Å². The third-order valence-corrected chi connectivity index (χ3v) is 3.49. The minimum atomic E-state index is 0.707. The van der Waals surface area contributed by atoms with E-state index in [2.05, 4.69) is 45.2 Å². The van der Waals surface area contributed by atoms with Gasteiger partial charge in [0.2, 0.25) is 0 Å². The molecule has 1 heterocycles. The highest BCUT2D eigenvalue weighted by molar-refractivity contribution is 9.10. The summed E-state index contributed by atoms with van der Waals surface area (Å²) in [6.45, 7) is 0. The van der Waals surface area contributed by atoms with Gasteiger partial charge in [0.15, 0.2) is 5.03 Å². The van der Waals surface area contributed by atoms with E-state index in [9.17, 15) is 0 Å². The number of allylic oxidation sites excluding steroid dienone is 6. The maximum atomic E-state index is 6.16. The number of benzene rings is 1. The highest BCUT2D eigenvalue weighted by Crippen LogP contribution is 2.29. The van der Waals surface area contributed by atoms with Crippen LogP contribution in [0.4, 0.5) is 0 Å². The summed E-state index contributed by atoms with van der Waals surface area (Å²) in [5.41, 5.74) is 3.12. The lowest BCUT2D eigenvalue weighted by atomic mass is 10.1. The Morgan fingerprint density at radius 3 is 2.94 bits per heavy atom. The summed E-state index contributed by atoms with van der Waals surface area (Å²) < 4.78 is 1.06. The molecule has 1 aliphatic carbocycles. The molecule has 1 nitrogen and oxygen atoms in total. The van der Waals surface area contributed by atoms with Crippen LogP contribution in [0.5, 0.6) is 0 Å². The van der Waals surface area contributed by atoms with Crippen molar-refractivity contribution in [3.8, 4) is 0 Å². The fourth-order valence-corrected chi connectivity index (χ4v) is 2.46. The number of aromatic amines is 1. The number of aromatic nitrogens is 1. The minimum absolute atomic E-state index is 0.707. The van der Waals surface area contributed by atoms with Crippen molar-refractivity contribution in [3.05, 3.63) is 63.8 Å². The van der Waals surface area contributed by atoms with Gasteiger partial charge >= 0.3 is 0 Å². The molecule has 1 aromatic carbocycles. The van der Waals surface area contributed by atoms with Crippen LogP contribution >= 0.6 is 27.5 Å². The zero-order valence-corrected chi connectivity index (χ0v) is 11.1. The molecule has 1 aliphatic rings. The van der Waals surface area contributed by atoms with Gasteiger partial charge in [-0.3, -0.25) is 0 Å². The van der Waals surface area contributed by atoms with Crippen molar-refractivity contribution in [2.75, 3.05) is 0 Å². The SMILES string of the molecule is ClC1=C(c2cc3ccc(Br)cc3[nH]2)C=C[C+]=C1. The van der Waals surface area contributed by atoms with Crippen molar-refractivity contribution in [1.82, 2.24) is 4.98 Å². The Hall–Kier alpha value is -1.34. The lowest BCUT2D eigenvalue weighted by Gasteiger charge is -1.95. The number of fused-ring (bicyclic) bond motifs is 1. The second-order valence-electron chi connectivity index (χ2n) is 3.82. The minimum Gasteiger partial charge on any atom is -0.352 e. The van der Waals surface area contributed by atoms with Crippen molar-refractivity contribution < 1.29 is 0 Å². The van der Waals surface area contributed by atoms with E-state index in [0.717, 1.165) is 21.3 Å². The van der Waals surface area contributed by atoms with Crippen LogP contribution in [0.2, 0.25) is 0 Å². The number of hydrogen-bond acceptors (Lipinski definition) is 0. The van der Waals surface area contributed by atoms with Crippen LogP contribution in [0.1, 0.15) is 5.69 Å². The van der Waals surface area contributed by atoms with E-state index in [4.69, 9.17) is 11.6 Å². The molecule has 0 bridgehead atoms. The van der Waals surface area contributed by atoms with E-state index in [0.29, 0.717) is 5.03 Å². The lowest BCUT2D eigenvalue weighted by molar-refractivity contribution is 1.40. The number of nitrogens with one attached hydrogen (secondary N) is 1. The lowest BCUT2D eigenvalue weighted by Crippen LogP contribution is -1.85. The largest absolute Gasteiger partial charge is 0.352 e. The first-order chi connectivity index (χ1) is 8.24. The highest BCUT2D eigenvalue weighted by Gasteiger charge is 2.15. The van der Waals surface area contributed by atoms with Crippen LogP contribution in [0.15, 0.2) is 52.0 Å². The maximum absolute atomic E-state index is 6.16. The molecule has 82 valence electrons. The summed E-state index contributed by atoms with van der Waals surface area (Å²) in [7, 11) is 0. The van der Waals surface area contributed by atoms with Gasteiger partial charge in [-0.15, -0.1) is 0 Å². The molecule has 0 atom stereocenters. The first-order valence-electron chi connectivity index (χ1n) is 5.18. The molecule has 2 aromatic rings. The molecule has 0 saturated heterocycles. The molecule has 1 N–H and O–H groups in total. The molecule has 17 heavy (non-hydrogen) atoms. The number of halogens is 2. The molecule has 0 saturated carbocycles. The third kappa shape index (κ3) is 1.96. The first-order valence-corrected chi connectivity index (χ1v) is 6.35.